The van der Waals surface area contributed by atoms with Gasteiger partial charge in [0, 0.05) is 6.54 Å². The van der Waals surface area contributed by atoms with Crippen molar-refractivity contribution in [2.45, 2.75) is 58.5 Å². The van der Waals surface area contributed by atoms with Gasteiger partial charge in [-0.2, -0.15) is 0 Å². The Morgan fingerprint density at radius 2 is 1.74 bits per heavy atom. The molecule has 0 aromatic rings. The van der Waals surface area contributed by atoms with E-state index in [1.54, 1.807) is 0 Å². The predicted molar refractivity (Wildman–Crippen MR) is 80.5 cm³/mol. The summed E-state index contributed by atoms with van der Waals surface area (Å²) in [5.74, 6) is 0. The maximum atomic E-state index is 6.01. The second-order valence-corrected chi connectivity index (χ2v) is 6.37. The molecule has 0 atom stereocenters. The Labute approximate surface area is 119 Å². The Hall–Kier alpha value is -0.120. The van der Waals surface area contributed by atoms with Crippen LogP contribution in [0, 0.1) is 5.41 Å². The molecule has 0 aromatic heterocycles. The van der Waals surface area contributed by atoms with E-state index in [1.165, 1.54) is 51.6 Å². The smallest absolute Gasteiger partial charge is 0.0600 e. The number of nitrogens with zero attached hydrogens (tertiary/aromatic N) is 1. The Morgan fingerprint density at radius 3 is 2.32 bits per heavy atom. The van der Waals surface area contributed by atoms with E-state index >= 15 is 0 Å². The summed E-state index contributed by atoms with van der Waals surface area (Å²) in [7, 11) is 0. The first-order valence-corrected chi connectivity index (χ1v) is 8.33. The van der Waals surface area contributed by atoms with Gasteiger partial charge in [-0.25, -0.2) is 0 Å². The molecule has 2 aliphatic heterocycles. The molecular formula is C16H32N2O. The van der Waals surface area contributed by atoms with Gasteiger partial charge in [-0.05, 0) is 57.3 Å². The van der Waals surface area contributed by atoms with Gasteiger partial charge in [0.2, 0.25) is 0 Å². The fourth-order valence-electron chi connectivity index (χ4n) is 3.52. The third-order valence-electron chi connectivity index (χ3n) is 5.46. The largest absolute Gasteiger partial charge is 0.377 e. The Kier molecular flexibility index (Phi) is 6.11. The molecule has 1 N–H and O–H groups in total. The van der Waals surface area contributed by atoms with Gasteiger partial charge in [0.05, 0.1) is 12.7 Å². The molecule has 0 amide bonds. The molecule has 112 valence electrons. The van der Waals surface area contributed by atoms with Crippen LogP contribution in [0.5, 0.6) is 0 Å². The van der Waals surface area contributed by atoms with Gasteiger partial charge in [-0.3, -0.25) is 0 Å². The van der Waals surface area contributed by atoms with Crippen LogP contribution in [0.2, 0.25) is 0 Å². The third kappa shape index (κ3) is 4.44. The quantitative estimate of drug-likeness (QED) is 0.801. The average molecular weight is 268 g/mol. The molecule has 0 radical (unpaired) electrons. The highest BCUT2D eigenvalue weighted by atomic mass is 16.5. The molecule has 0 saturated carbocycles. The highest BCUT2D eigenvalue weighted by Gasteiger charge is 2.30. The van der Waals surface area contributed by atoms with Gasteiger partial charge >= 0.3 is 0 Å². The Bertz CT molecular complexity index is 237. The van der Waals surface area contributed by atoms with Gasteiger partial charge < -0.3 is 15.0 Å². The molecule has 0 spiro atoms. The third-order valence-corrected chi connectivity index (χ3v) is 5.46. The van der Waals surface area contributed by atoms with Crippen molar-refractivity contribution in [3.8, 4) is 0 Å². The first-order chi connectivity index (χ1) is 9.28. The summed E-state index contributed by atoms with van der Waals surface area (Å²) in [6.45, 7) is 11.6. The van der Waals surface area contributed by atoms with Crippen molar-refractivity contribution in [1.29, 1.82) is 0 Å². The van der Waals surface area contributed by atoms with Gasteiger partial charge in [-0.15, -0.1) is 0 Å². The summed E-state index contributed by atoms with van der Waals surface area (Å²) in [6, 6.07) is 0. The van der Waals surface area contributed by atoms with Crippen LogP contribution in [0.4, 0.5) is 0 Å². The van der Waals surface area contributed by atoms with E-state index in [4.69, 9.17) is 4.74 Å². The lowest BCUT2D eigenvalue weighted by atomic mass is 9.74. The van der Waals surface area contributed by atoms with Gasteiger partial charge in [0.15, 0.2) is 0 Å². The summed E-state index contributed by atoms with van der Waals surface area (Å²) < 4.78 is 6.01. The van der Waals surface area contributed by atoms with Gasteiger partial charge in [0.25, 0.3) is 0 Å². The number of nitrogens with one attached hydrogen (secondary N) is 1. The normalized spacial score (nSPS) is 25.6. The molecule has 19 heavy (non-hydrogen) atoms. The lowest BCUT2D eigenvalue weighted by molar-refractivity contribution is 0.00811. The number of ether oxygens (including phenoxy) is 1. The van der Waals surface area contributed by atoms with Crippen LogP contribution in [-0.4, -0.2) is 50.3 Å². The van der Waals surface area contributed by atoms with Crippen molar-refractivity contribution in [2.75, 3.05) is 39.3 Å². The molecule has 2 rings (SSSR count). The standard InChI is InChI=1S/C16H32N2O/c1-3-16(4-2)7-11-18(12-8-16)13-14-19-15-5-9-17-10-6-15/h15,17H,3-14H2,1-2H3. The van der Waals surface area contributed by atoms with E-state index in [-0.39, 0.29) is 0 Å². The Balaban J connectivity index is 1.60. The molecule has 3 heteroatoms. The van der Waals surface area contributed by atoms with Crippen LogP contribution < -0.4 is 5.32 Å². The maximum absolute atomic E-state index is 6.01. The van der Waals surface area contributed by atoms with Crippen LogP contribution >= 0.6 is 0 Å². The van der Waals surface area contributed by atoms with E-state index in [2.05, 4.69) is 24.1 Å². The van der Waals surface area contributed by atoms with Crippen LogP contribution in [0.3, 0.4) is 0 Å². The van der Waals surface area contributed by atoms with Crippen LogP contribution in [0.25, 0.3) is 0 Å². The topological polar surface area (TPSA) is 24.5 Å². The van der Waals surface area contributed by atoms with Crippen molar-refractivity contribution >= 4 is 0 Å². The summed E-state index contributed by atoms with van der Waals surface area (Å²) in [4.78, 5) is 2.60. The zero-order valence-corrected chi connectivity index (χ0v) is 12.9. The summed E-state index contributed by atoms with van der Waals surface area (Å²) in [6.07, 6.45) is 8.35. The summed E-state index contributed by atoms with van der Waals surface area (Å²) in [5, 5.41) is 3.39. The fraction of sp³-hybridized carbons (Fsp3) is 1.00. The highest BCUT2D eigenvalue weighted by Crippen LogP contribution is 2.37. The van der Waals surface area contributed by atoms with Crippen molar-refractivity contribution in [3.05, 3.63) is 0 Å². The molecule has 2 fully saturated rings. The molecule has 0 bridgehead atoms. The first kappa shape index (κ1) is 15.3. The highest BCUT2D eigenvalue weighted by molar-refractivity contribution is 4.84. The average Bonchev–Trinajstić information content (AvgIpc) is 2.49. The van der Waals surface area contributed by atoms with Crippen LogP contribution in [0.15, 0.2) is 0 Å². The van der Waals surface area contributed by atoms with Crippen molar-refractivity contribution in [2.24, 2.45) is 5.41 Å². The van der Waals surface area contributed by atoms with Crippen LogP contribution in [-0.2, 0) is 4.74 Å². The van der Waals surface area contributed by atoms with Crippen molar-refractivity contribution in [3.63, 3.8) is 0 Å². The first-order valence-electron chi connectivity index (χ1n) is 8.33. The number of hydrogen-bond acceptors (Lipinski definition) is 3. The predicted octanol–water partition coefficient (Wildman–Crippen LogP) is 2.66. The summed E-state index contributed by atoms with van der Waals surface area (Å²) in [5.41, 5.74) is 0.645. The van der Waals surface area contributed by atoms with E-state index in [1.807, 2.05) is 0 Å². The molecule has 0 unspecified atom stereocenters. The van der Waals surface area contributed by atoms with Crippen LogP contribution in [0.1, 0.15) is 52.4 Å². The molecule has 2 aliphatic rings. The Morgan fingerprint density at radius 1 is 1.11 bits per heavy atom. The summed E-state index contributed by atoms with van der Waals surface area (Å²) >= 11 is 0. The lowest BCUT2D eigenvalue weighted by Crippen LogP contribution is -2.41. The van der Waals surface area contributed by atoms with E-state index in [0.29, 0.717) is 11.5 Å². The molecule has 0 aliphatic carbocycles. The number of piperidine rings is 2. The minimum Gasteiger partial charge on any atom is -0.377 e. The van der Waals surface area contributed by atoms with Crippen molar-refractivity contribution < 1.29 is 4.74 Å². The van der Waals surface area contributed by atoms with E-state index in [9.17, 15) is 0 Å². The molecule has 0 aromatic carbocycles. The van der Waals surface area contributed by atoms with E-state index in [0.717, 1.165) is 26.2 Å². The number of hydrogen-bond donors (Lipinski definition) is 1. The SMILES string of the molecule is CCC1(CC)CCN(CCOC2CCNCC2)CC1. The number of likely N-dealkylation sites (tertiary alicyclic amines) is 1. The minimum absolute atomic E-state index is 0.511. The second-order valence-electron chi connectivity index (χ2n) is 6.37. The van der Waals surface area contributed by atoms with Gasteiger partial charge in [-0.1, -0.05) is 26.7 Å². The second kappa shape index (κ2) is 7.61. The zero-order chi connectivity index (χ0) is 13.6. The maximum Gasteiger partial charge on any atom is 0.0600 e. The minimum atomic E-state index is 0.511. The monoisotopic (exact) mass is 268 g/mol. The zero-order valence-electron chi connectivity index (χ0n) is 12.9. The molecule has 3 nitrogen and oxygen atoms in total. The molecular weight excluding hydrogens is 236 g/mol. The molecule has 2 heterocycles. The molecule has 2 saturated heterocycles. The lowest BCUT2D eigenvalue weighted by Gasteiger charge is -2.41. The fourth-order valence-corrected chi connectivity index (χ4v) is 3.52. The van der Waals surface area contributed by atoms with Crippen molar-refractivity contribution in [1.82, 2.24) is 10.2 Å². The van der Waals surface area contributed by atoms with E-state index < -0.39 is 0 Å². The van der Waals surface area contributed by atoms with Gasteiger partial charge in [0.1, 0.15) is 0 Å². The number of rotatable bonds is 6.